The number of piperazine rings is 1. The normalized spacial score (nSPS) is 33.4. The number of carbonyl (C=O) groups is 1. The molecule has 1 heterocycles. The highest BCUT2D eigenvalue weighted by atomic mass is 16.2. The molecule has 2 N–H and O–H groups in total. The van der Waals surface area contributed by atoms with E-state index in [-0.39, 0.29) is 11.9 Å². The lowest BCUT2D eigenvalue weighted by Crippen LogP contribution is -2.62. The van der Waals surface area contributed by atoms with E-state index in [1.165, 1.54) is 25.7 Å². The van der Waals surface area contributed by atoms with Gasteiger partial charge in [-0.05, 0) is 24.7 Å². The van der Waals surface area contributed by atoms with Gasteiger partial charge in [0.25, 0.3) is 0 Å². The first-order valence-corrected chi connectivity index (χ1v) is 6.22. The predicted octanol–water partition coefficient (Wildman–Crippen LogP) is 1.29. The van der Waals surface area contributed by atoms with E-state index in [1.54, 1.807) is 0 Å². The first-order valence-electron chi connectivity index (χ1n) is 6.22. The summed E-state index contributed by atoms with van der Waals surface area (Å²) >= 11 is 0. The Bertz CT molecular complexity index is 234. The second-order valence-corrected chi connectivity index (χ2v) is 5.28. The Hall–Kier alpha value is -0.570. The molecule has 1 saturated heterocycles. The Morgan fingerprint density at radius 1 is 1.27 bits per heavy atom. The molecule has 3 nitrogen and oxygen atoms in total. The second kappa shape index (κ2) is 4.52. The molecule has 0 aromatic carbocycles. The van der Waals surface area contributed by atoms with Crippen molar-refractivity contribution in [3.63, 3.8) is 0 Å². The quantitative estimate of drug-likeness (QED) is 0.721. The summed E-state index contributed by atoms with van der Waals surface area (Å²) in [6.45, 7) is 5.04. The number of hydrogen-bond acceptors (Lipinski definition) is 2. The maximum absolute atomic E-state index is 11.6. The van der Waals surface area contributed by atoms with Crippen LogP contribution < -0.4 is 10.6 Å². The zero-order chi connectivity index (χ0) is 10.8. The molecule has 86 valence electrons. The van der Waals surface area contributed by atoms with Crippen LogP contribution in [0.3, 0.4) is 0 Å². The molecule has 0 bridgehead atoms. The standard InChI is InChI=1S/C12H22N2O/c1-8(2)11-12(15)13-7-10(14-11)9-5-3-4-6-9/h8-11,14H,3-7H2,1-2H3,(H,13,15). The summed E-state index contributed by atoms with van der Waals surface area (Å²) in [5.74, 6) is 1.35. The molecule has 2 aliphatic rings. The molecular formula is C12H22N2O. The molecule has 2 atom stereocenters. The third-order valence-electron chi connectivity index (χ3n) is 3.81. The Labute approximate surface area is 92.0 Å². The van der Waals surface area contributed by atoms with Crippen molar-refractivity contribution in [1.29, 1.82) is 0 Å². The summed E-state index contributed by atoms with van der Waals surface area (Å²) in [5.41, 5.74) is 0. The fraction of sp³-hybridized carbons (Fsp3) is 0.917. The van der Waals surface area contributed by atoms with Gasteiger partial charge in [0, 0.05) is 12.6 Å². The monoisotopic (exact) mass is 210 g/mol. The zero-order valence-corrected chi connectivity index (χ0v) is 9.75. The molecule has 2 unspecified atom stereocenters. The first-order chi connectivity index (χ1) is 7.18. The van der Waals surface area contributed by atoms with E-state index in [1.807, 2.05) is 0 Å². The van der Waals surface area contributed by atoms with Crippen molar-refractivity contribution in [1.82, 2.24) is 10.6 Å². The fourth-order valence-electron chi connectivity index (χ4n) is 2.84. The lowest BCUT2D eigenvalue weighted by Gasteiger charge is -2.36. The van der Waals surface area contributed by atoms with Gasteiger partial charge >= 0.3 is 0 Å². The predicted molar refractivity (Wildman–Crippen MR) is 60.5 cm³/mol. The molecule has 15 heavy (non-hydrogen) atoms. The number of rotatable bonds is 2. The maximum atomic E-state index is 11.6. The van der Waals surface area contributed by atoms with Crippen molar-refractivity contribution in [2.45, 2.75) is 51.6 Å². The van der Waals surface area contributed by atoms with Crippen LogP contribution in [0.25, 0.3) is 0 Å². The maximum Gasteiger partial charge on any atom is 0.237 e. The van der Waals surface area contributed by atoms with E-state index >= 15 is 0 Å². The van der Waals surface area contributed by atoms with Gasteiger partial charge in [0.2, 0.25) is 5.91 Å². The second-order valence-electron chi connectivity index (χ2n) is 5.28. The third-order valence-corrected chi connectivity index (χ3v) is 3.81. The van der Waals surface area contributed by atoms with Crippen LogP contribution in [-0.4, -0.2) is 24.5 Å². The summed E-state index contributed by atoms with van der Waals surface area (Å²) in [6.07, 6.45) is 5.39. The molecular weight excluding hydrogens is 188 g/mol. The highest BCUT2D eigenvalue weighted by molar-refractivity contribution is 5.82. The van der Waals surface area contributed by atoms with Crippen LogP contribution >= 0.6 is 0 Å². The highest BCUT2D eigenvalue weighted by Crippen LogP contribution is 2.28. The smallest absolute Gasteiger partial charge is 0.237 e. The number of nitrogens with one attached hydrogen (secondary N) is 2. The van der Waals surface area contributed by atoms with Crippen LogP contribution in [-0.2, 0) is 4.79 Å². The Morgan fingerprint density at radius 2 is 1.93 bits per heavy atom. The van der Waals surface area contributed by atoms with E-state index < -0.39 is 0 Å². The molecule has 1 aliphatic heterocycles. The van der Waals surface area contributed by atoms with E-state index in [0.717, 1.165) is 12.5 Å². The molecule has 0 spiro atoms. The Morgan fingerprint density at radius 3 is 2.53 bits per heavy atom. The third kappa shape index (κ3) is 2.33. The molecule has 1 aliphatic carbocycles. The summed E-state index contributed by atoms with van der Waals surface area (Å²) in [7, 11) is 0. The van der Waals surface area contributed by atoms with Crippen LogP contribution in [0.15, 0.2) is 0 Å². The minimum absolute atomic E-state index is 0.0179. The van der Waals surface area contributed by atoms with Crippen molar-refractivity contribution in [2.75, 3.05) is 6.54 Å². The van der Waals surface area contributed by atoms with Gasteiger partial charge in [-0.1, -0.05) is 26.7 Å². The molecule has 2 rings (SSSR count). The van der Waals surface area contributed by atoms with E-state index in [0.29, 0.717) is 12.0 Å². The van der Waals surface area contributed by atoms with Gasteiger partial charge in [0.1, 0.15) is 0 Å². The Kier molecular flexibility index (Phi) is 3.29. The van der Waals surface area contributed by atoms with Crippen LogP contribution in [0, 0.1) is 11.8 Å². The van der Waals surface area contributed by atoms with Gasteiger partial charge in [0.15, 0.2) is 0 Å². The summed E-state index contributed by atoms with van der Waals surface area (Å²) < 4.78 is 0. The van der Waals surface area contributed by atoms with E-state index in [9.17, 15) is 4.79 Å². The van der Waals surface area contributed by atoms with Crippen molar-refractivity contribution in [3.05, 3.63) is 0 Å². The number of amides is 1. The fourth-order valence-corrected chi connectivity index (χ4v) is 2.84. The van der Waals surface area contributed by atoms with Gasteiger partial charge in [0.05, 0.1) is 6.04 Å². The van der Waals surface area contributed by atoms with Gasteiger partial charge < -0.3 is 10.6 Å². The van der Waals surface area contributed by atoms with E-state index in [4.69, 9.17) is 0 Å². The Balaban J connectivity index is 1.95. The van der Waals surface area contributed by atoms with Gasteiger partial charge in [-0.15, -0.1) is 0 Å². The molecule has 0 aromatic heterocycles. The molecule has 0 aromatic rings. The molecule has 1 saturated carbocycles. The van der Waals surface area contributed by atoms with Crippen molar-refractivity contribution >= 4 is 5.91 Å². The van der Waals surface area contributed by atoms with Crippen molar-refractivity contribution < 1.29 is 4.79 Å². The largest absolute Gasteiger partial charge is 0.353 e. The molecule has 2 fully saturated rings. The van der Waals surface area contributed by atoms with Crippen LogP contribution in [0.4, 0.5) is 0 Å². The van der Waals surface area contributed by atoms with Crippen LogP contribution in [0.5, 0.6) is 0 Å². The minimum Gasteiger partial charge on any atom is -0.353 e. The highest BCUT2D eigenvalue weighted by Gasteiger charge is 2.34. The number of carbonyl (C=O) groups excluding carboxylic acids is 1. The van der Waals surface area contributed by atoms with Gasteiger partial charge in [-0.2, -0.15) is 0 Å². The molecule has 3 heteroatoms. The average molecular weight is 210 g/mol. The van der Waals surface area contributed by atoms with Crippen LogP contribution in [0.1, 0.15) is 39.5 Å². The number of hydrogen-bond donors (Lipinski definition) is 2. The first kappa shape index (κ1) is 10.9. The minimum atomic E-state index is 0.0179. The van der Waals surface area contributed by atoms with Crippen molar-refractivity contribution in [3.8, 4) is 0 Å². The van der Waals surface area contributed by atoms with Gasteiger partial charge in [-0.3, -0.25) is 4.79 Å². The van der Waals surface area contributed by atoms with Gasteiger partial charge in [-0.25, -0.2) is 0 Å². The molecule has 1 amide bonds. The molecule has 0 radical (unpaired) electrons. The van der Waals surface area contributed by atoms with Crippen molar-refractivity contribution in [2.24, 2.45) is 11.8 Å². The zero-order valence-electron chi connectivity index (χ0n) is 9.75. The van der Waals surface area contributed by atoms with Crippen LogP contribution in [0.2, 0.25) is 0 Å². The summed E-state index contributed by atoms with van der Waals surface area (Å²) in [4.78, 5) is 11.6. The average Bonchev–Trinajstić information content (AvgIpc) is 2.71. The lowest BCUT2D eigenvalue weighted by atomic mass is 9.92. The summed E-state index contributed by atoms with van der Waals surface area (Å²) in [5, 5.41) is 6.57. The van der Waals surface area contributed by atoms with E-state index in [2.05, 4.69) is 24.5 Å². The summed E-state index contributed by atoms with van der Waals surface area (Å²) in [6, 6.07) is 0.530. The lowest BCUT2D eigenvalue weighted by molar-refractivity contribution is -0.126. The SMILES string of the molecule is CC(C)C1NC(C2CCCC2)CNC1=O. The topological polar surface area (TPSA) is 41.1 Å².